The van der Waals surface area contributed by atoms with Gasteiger partial charge in [-0.05, 0) is 19.1 Å². The van der Waals surface area contributed by atoms with Crippen molar-refractivity contribution in [2.75, 3.05) is 13.7 Å². The van der Waals surface area contributed by atoms with Crippen molar-refractivity contribution >= 4 is 0 Å². The summed E-state index contributed by atoms with van der Waals surface area (Å²) in [6, 6.07) is 11.0. The van der Waals surface area contributed by atoms with Gasteiger partial charge in [-0.2, -0.15) is 0 Å². The number of rotatable bonds is 6. The van der Waals surface area contributed by atoms with Gasteiger partial charge in [0.1, 0.15) is 5.75 Å². The van der Waals surface area contributed by atoms with Crippen molar-refractivity contribution < 1.29 is 9.47 Å². The van der Waals surface area contributed by atoms with E-state index in [9.17, 15) is 0 Å². The molecule has 0 spiro atoms. The van der Waals surface area contributed by atoms with E-state index in [1.807, 2.05) is 37.3 Å². The van der Waals surface area contributed by atoms with Crippen LogP contribution in [0.5, 0.6) is 11.6 Å². The summed E-state index contributed by atoms with van der Waals surface area (Å²) < 4.78 is 10.6. The summed E-state index contributed by atoms with van der Waals surface area (Å²) in [5.74, 6) is 6.90. The second kappa shape index (κ2) is 6.83. The second-order valence-corrected chi connectivity index (χ2v) is 4.07. The van der Waals surface area contributed by atoms with Crippen LogP contribution >= 0.6 is 0 Å². The minimum Gasteiger partial charge on any atom is -0.494 e. The number of hydrazine groups is 1. The van der Waals surface area contributed by atoms with E-state index >= 15 is 0 Å². The molecule has 6 nitrogen and oxygen atoms in total. The second-order valence-electron chi connectivity index (χ2n) is 4.07. The summed E-state index contributed by atoms with van der Waals surface area (Å²) in [7, 11) is 1.55. The minimum absolute atomic E-state index is 0.295. The van der Waals surface area contributed by atoms with Crippen molar-refractivity contribution in [3.8, 4) is 11.6 Å². The van der Waals surface area contributed by atoms with Gasteiger partial charge in [0.15, 0.2) is 0 Å². The SMILES string of the molecule is CCOc1ccccc1C(NN)c1ccc(OC)nn1. The van der Waals surface area contributed by atoms with E-state index in [2.05, 4.69) is 15.6 Å². The van der Waals surface area contributed by atoms with Crippen LogP contribution in [0.2, 0.25) is 0 Å². The summed E-state index contributed by atoms with van der Waals surface area (Å²) in [5.41, 5.74) is 4.36. The van der Waals surface area contributed by atoms with Gasteiger partial charge in [-0.15, -0.1) is 10.2 Å². The molecule has 1 unspecified atom stereocenters. The summed E-state index contributed by atoms with van der Waals surface area (Å²) >= 11 is 0. The van der Waals surface area contributed by atoms with Crippen LogP contribution in [0.25, 0.3) is 0 Å². The first kappa shape index (κ1) is 14.2. The molecule has 0 saturated carbocycles. The third-order valence-electron chi connectivity index (χ3n) is 2.86. The lowest BCUT2D eigenvalue weighted by molar-refractivity contribution is 0.333. The van der Waals surface area contributed by atoms with Gasteiger partial charge in [0, 0.05) is 11.6 Å². The highest BCUT2D eigenvalue weighted by molar-refractivity contribution is 5.39. The Bertz CT molecular complexity index is 545. The molecule has 0 saturated heterocycles. The Morgan fingerprint density at radius 1 is 1.20 bits per heavy atom. The Morgan fingerprint density at radius 3 is 2.60 bits per heavy atom. The van der Waals surface area contributed by atoms with Crippen LogP contribution in [-0.2, 0) is 0 Å². The molecule has 0 fully saturated rings. The number of para-hydroxylation sites is 1. The molecule has 0 radical (unpaired) electrons. The maximum Gasteiger partial charge on any atom is 0.233 e. The molecule has 3 N–H and O–H groups in total. The molecule has 0 aliphatic heterocycles. The molecular formula is C14H18N4O2. The molecule has 2 aromatic rings. The van der Waals surface area contributed by atoms with Crippen molar-refractivity contribution in [3.05, 3.63) is 47.7 Å². The van der Waals surface area contributed by atoms with Crippen molar-refractivity contribution in [2.45, 2.75) is 13.0 Å². The largest absolute Gasteiger partial charge is 0.494 e. The van der Waals surface area contributed by atoms with Crippen molar-refractivity contribution in [3.63, 3.8) is 0 Å². The smallest absolute Gasteiger partial charge is 0.233 e. The summed E-state index contributed by atoms with van der Waals surface area (Å²) in [6.07, 6.45) is 0. The average Bonchev–Trinajstić information content (AvgIpc) is 2.51. The monoisotopic (exact) mass is 274 g/mol. The van der Waals surface area contributed by atoms with Gasteiger partial charge in [0.25, 0.3) is 0 Å². The molecule has 1 aromatic carbocycles. The fourth-order valence-corrected chi connectivity index (χ4v) is 1.93. The maximum absolute atomic E-state index is 5.67. The number of aromatic nitrogens is 2. The Labute approximate surface area is 117 Å². The quantitative estimate of drug-likeness (QED) is 0.612. The van der Waals surface area contributed by atoms with Crippen LogP contribution in [0.15, 0.2) is 36.4 Å². The van der Waals surface area contributed by atoms with Gasteiger partial charge in [-0.25, -0.2) is 5.43 Å². The number of hydrogen-bond donors (Lipinski definition) is 2. The van der Waals surface area contributed by atoms with Crippen LogP contribution in [0.1, 0.15) is 24.2 Å². The molecule has 0 aliphatic rings. The van der Waals surface area contributed by atoms with Crippen LogP contribution in [-0.4, -0.2) is 23.9 Å². The van der Waals surface area contributed by atoms with Crippen molar-refractivity contribution in [1.29, 1.82) is 0 Å². The Balaban J connectivity index is 2.35. The molecular weight excluding hydrogens is 256 g/mol. The number of hydrogen-bond acceptors (Lipinski definition) is 6. The maximum atomic E-state index is 5.67. The van der Waals surface area contributed by atoms with Gasteiger partial charge < -0.3 is 9.47 Å². The van der Waals surface area contributed by atoms with Crippen LogP contribution < -0.4 is 20.7 Å². The third kappa shape index (κ3) is 3.04. The van der Waals surface area contributed by atoms with Crippen molar-refractivity contribution in [2.24, 2.45) is 5.84 Å². The van der Waals surface area contributed by atoms with E-state index in [1.54, 1.807) is 13.2 Å². The summed E-state index contributed by atoms with van der Waals surface area (Å²) in [5, 5.41) is 8.08. The minimum atomic E-state index is -0.295. The standard InChI is InChI=1S/C14H18N4O2/c1-3-20-12-7-5-4-6-10(12)14(16-15)11-8-9-13(19-2)18-17-11/h4-9,14,16H,3,15H2,1-2H3. The molecule has 6 heteroatoms. The topological polar surface area (TPSA) is 82.3 Å². The number of nitrogens with zero attached hydrogens (tertiary/aromatic N) is 2. The normalized spacial score (nSPS) is 11.9. The van der Waals surface area contributed by atoms with Gasteiger partial charge in [-0.1, -0.05) is 18.2 Å². The predicted molar refractivity (Wildman–Crippen MR) is 75.4 cm³/mol. The molecule has 1 aromatic heterocycles. The first-order valence-electron chi connectivity index (χ1n) is 6.35. The molecule has 2 rings (SSSR count). The van der Waals surface area contributed by atoms with Gasteiger partial charge in [-0.3, -0.25) is 5.84 Å². The molecule has 106 valence electrons. The Morgan fingerprint density at radius 2 is 2.00 bits per heavy atom. The number of methoxy groups -OCH3 is 1. The van der Waals surface area contributed by atoms with Gasteiger partial charge in [0.2, 0.25) is 5.88 Å². The van der Waals surface area contributed by atoms with E-state index in [4.69, 9.17) is 15.3 Å². The highest BCUT2D eigenvalue weighted by Crippen LogP contribution is 2.28. The zero-order valence-electron chi connectivity index (χ0n) is 11.5. The van der Waals surface area contributed by atoms with E-state index in [0.717, 1.165) is 11.3 Å². The van der Waals surface area contributed by atoms with E-state index < -0.39 is 0 Å². The van der Waals surface area contributed by atoms with Crippen LogP contribution in [0.3, 0.4) is 0 Å². The van der Waals surface area contributed by atoms with E-state index in [-0.39, 0.29) is 6.04 Å². The summed E-state index contributed by atoms with van der Waals surface area (Å²) in [6.45, 7) is 2.53. The fourth-order valence-electron chi connectivity index (χ4n) is 1.93. The zero-order chi connectivity index (χ0) is 14.4. The number of nitrogens with two attached hydrogens (primary N) is 1. The molecule has 20 heavy (non-hydrogen) atoms. The average molecular weight is 274 g/mol. The number of benzene rings is 1. The van der Waals surface area contributed by atoms with E-state index in [0.29, 0.717) is 18.2 Å². The number of ether oxygens (including phenoxy) is 2. The third-order valence-corrected chi connectivity index (χ3v) is 2.86. The molecule has 1 heterocycles. The van der Waals surface area contributed by atoms with Crippen LogP contribution in [0.4, 0.5) is 0 Å². The predicted octanol–water partition coefficient (Wildman–Crippen LogP) is 1.44. The molecule has 1 atom stereocenters. The summed E-state index contributed by atoms with van der Waals surface area (Å²) in [4.78, 5) is 0. The number of nitrogens with one attached hydrogen (secondary N) is 1. The van der Waals surface area contributed by atoms with Gasteiger partial charge >= 0.3 is 0 Å². The highest BCUT2D eigenvalue weighted by atomic mass is 16.5. The lowest BCUT2D eigenvalue weighted by Crippen LogP contribution is -2.30. The Kier molecular flexibility index (Phi) is 4.86. The van der Waals surface area contributed by atoms with Gasteiger partial charge in [0.05, 0.1) is 25.5 Å². The van der Waals surface area contributed by atoms with Crippen molar-refractivity contribution in [1.82, 2.24) is 15.6 Å². The van der Waals surface area contributed by atoms with E-state index in [1.165, 1.54) is 0 Å². The molecule has 0 amide bonds. The fraction of sp³-hybridized carbons (Fsp3) is 0.286. The highest BCUT2D eigenvalue weighted by Gasteiger charge is 2.18. The van der Waals surface area contributed by atoms with Crippen LogP contribution in [0, 0.1) is 0 Å². The molecule has 0 bridgehead atoms. The molecule has 0 aliphatic carbocycles. The lowest BCUT2D eigenvalue weighted by Gasteiger charge is -2.18. The zero-order valence-corrected chi connectivity index (χ0v) is 11.5. The first-order chi connectivity index (χ1) is 9.80. The Hall–Kier alpha value is -2.18. The lowest BCUT2D eigenvalue weighted by atomic mass is 10.0. The first-order valence-corrected chi connectivity index (χ1v) is 6.35.